The minimum Gasteiger partial charge on any atom is -0.462 e. The number of phosphoric acid groups is 1. The van der Waals surface area contributed by atoms with E-state index in [1.54, 1.807) is 0 Å². The molecule has 2 unspecified atom stereocenters. The Kier molecular flexibility index (Phi) is 52.1. The molecule has 0 rings (SSSR count). The maximum absolute atomic E-state index is 12.7. The summed E-state index contributed by atoms with van der Waals surface area (Å²) < 4.78 is 34.5. The van der Waals surface area contributed by atoms with Crippen LogP contribution in [0.3, 0.4) is 0 Å². The molecule has 10 heteroatoms. The van der Waals surface area contributed by atoms with E-state index >= 15 is 0 Å². The van der Waals surface area contributed by atoms with Gasteiger partial charge < -0.3 is 18.9 Å². The molecule has 0 aliphatic rings. The van der Waals surface area contributed by atoms with E-state index in [1.807, 2.05) is 21.1 Å². The molecule has 0 fully saturated rings. The number of unbranched alkanes of at least 4 members (excludes halogenated alkanes) is 44. The van der Waals surface area contributed by atoms with Gasteiger partial charge in [-0.1, -0.05) is 296 Å². The van der Waals surface area contributed by atoms with Crippen molar-refractivity contribution in [3.8, 4) is 0 Å². The fraction of sp³-hybridized carbons (Fsp3) is 0.967. The van der Waals surface area contributed by atoms with Crippen LogP contribution in [-0.2, 0) is 32.7 Å². The average molecular weight is 1020 g/mol. The monoisotopic (exact) mass is 1010 g/mol. The molecule has 2 atom stereocenters. The first-order chi connectivity index (χ1) is 34.0. The van der Waals surface area contributed by atoms with E-state index in [9.17, 15) is 19.0 Å². The number of carbonyl (C=O) groups is 2. The summed E-state index contributed by atoms with van der Waals surface area (Å²) >= 11 is 0. The molecule has 0 aromatic rings. The Balaban J connectivity index is 3.89. The first-order valence-corrected chi connectivity index (χ1v) is 32.3. The smallest absolute Gasteiger partial charge is 0.462 e. The highest BCUT2D eigenvalue weighted by molar-refractivity contribution is 7.47. The molecule has 0 aromatic heterocycles. The Morgan fingerprint density at radius 3 is 0.914 bits per heavy atom. The molecular weight excluding hydrogens is 894 g/mol. The van der Waals surface area contributed by atoms with Crippen molar-refractivity contribution in [1.82, 2.24) is 0 Å². The summed E-state index contributed by atoms with van der Waals surface area (Å²) in [5.74, 6) is -0.775. The fourth-order valence-corrected chi connectivity index (χ4v) is 10.1. The maximum atomic E-state index is 12.7. The van der Waals surface area contributed by atoms with Crippen LogP contribution in [0, 0.1) is 0 Å². The van der Waals surface area contributed by atoms with Gasteiger partial charge in [-0.25, -0.2) is 4.57 Å². The van der Waals surface area contributed by atoms with Crippen LogP contribution in [-0.4, -0.2) is 74.9 Å². The van der Waals surface area contributed by atoms with Gasteiger partial charge in [0.25, 0.3) is 0 Å². The van der Waals surface area contributed by atoms with Gasteiger partial charge in [-0.15, -0.1) is 0 Å². The van der Waals surface area contributed by atoms with Gasteiger partial charge >= 0.3 is 19.8 Å². The van der Waals surface area contributed by atoms with Gasteiger partial charge in [0.1, 0.15) is 19.8 Å². The molecule has 0 saturated heterocycles. The average Bonchev–Trinajstić information content (AvgIpc) is 3.32. The van der Waals surface area contributed by atoms with Crippen LogP contribution < -0.4 is 0 Å². The first-order valence-electron chi connectivity index (χ1n) is 30.8. The van der Waals surface area contributed by atoms with Gasteiger partial charge in [-0.05, 0) is 12.8 Å². The standard InChI is InChI=1S/C60H120NO8P/c1-6-8-10-12-14-16-18-20-21-22-23-24-25-26-27-28-29-30-31-32-33-34-35-36-37-38-39-41-42-44-46-48-50-52-59(62)66-56-58(57-68-70(64,65)67-55-54-61(3,4)5)69-60(63)53-51-49-47-45-43-40-19-17-15-13-11-9-7-2/h58H,6-57H2,1-5H3/p+1. The molecular formula is C60H121NO8P+. The molecule has 1 N–H and O–H groups in total. The second kappa shape index (κ2) is 52.9. The predicted molar refractivity (Wildman–Crippen MR) is 298 cm³/mol. The Hall–Kier alpha value is -0.990. The molecule has 418 valence electrons. The zero-order chi connectivity index (χ0) is 51.3. The summed E-state index contributed by atoms with van der Waals surface area (Å²) in [6.45, 7) is 4.49. The number of carbonyl (C=O) groups excluding carboxylic acids is 2. The second-order valence-electron chi connectivity index (χ2n) is 22.5. The van der Waals surface area contributed by atoms with Crippen molar-refractivity contribution in [2.45, 2.75) is 328 Å². The molecule has 0 aromatic carbocycles. The fourth-order valence-electron chi connectivity index (χ4n) is 9.37. The predicted octanol–water partition coefficient (Wildman–Crippen LogP) is 19.0. The van der Waals surface area contributed by atoms with Crippen molar-refractivity contribution < 1.29 is 42.1 Å². The lowest BCUT2D eigenvalue weighted by molar-refractivity contribution is -0.870. The number of rotatable bonds is 58. The van der Waals surface area contributed by atoms with E-state index in [1.165, 1.54) is 257 Å². The van der Waals surface area contributed by atoms with E-state index in [4.69, 9.17) is 18.5 Å². The van der Waals surface area contributed by atoms with Crippen LogP contribution in [0.1, 0.15) is 322 Å². The largest absolute Gasteiger partial charge is 0.472 e. The van der Waals surface area contributed by atoms with E-state index < -0.39 is 26.5 Å². The number of hydrogen-bond donors (Lipinski definition) is 1. The zero-order valence-corrected chi connectivity index (χ0v) is 48.4. The number of esters is 2. The Morgan fingerprint density at radius 1 is 0.386 bits per heavy atom. The lowest BCUT2D eigenvalue weighted by atomic mass is 10.0. The van der Waals surface area contributed by atoms with E-state index in [0.717, 1.165) is 38.5 Å². The van der Waals surface area contributed by atoms with Crippen molar-refractivity contribution >= 4 is 19.8 Å². The number of likely N-dealkylation sites (N-methyl/N-ethyl adjacent to an activating group) is 1. The van der Waals surface area contributed by atoms with Crippen LogP contribution >= 0.6 is 7.82 Å². The van der Waals surface area contributed by atoms with Crippen molar-refractivity contribution in [2.24, 2.45) is 0 Å². The third-order valence-electron chi connectivity index (χ3n) is 14.1. The SMILES string of the molecule is CCCCCCCCCCCCCCCCCCCCCCCCCCCCCCCCCCCC(=O)OCC(COP(=O)(O)OCC[N+](C)(C)C)OC(=O)CCCCCCCCCCCCCCC. The van der Waals surface area contributed by atoms with Crippen LogP contribution in [0.15, 0.2) is 0 Å². The number of ether oxygens (including phenoxy) is 2. The third kappa shape index (κ3) is 56.3. The summed E-state index contributed by atoms with van der Waals surface area (Å²) in [5, 5.41) is 0. The van der Waals surface area contributed by atoms with Crippen LogP contribution in [0.5, 0.6) is 0 Å². The quantitative estimate of drug-likeness (QED) is 0.0278. The molecule has 0 amide bonds. The van der Waals surface area contributed by atoms with Gasteiger partial charge in [0.2, 0.25) is 0 Å². The van der Waals surface area contributed by atoms with Gasteiger partial charge in [0.15, 0.2) is 6.10 Å². The van der Waals surface area contributed by atoms with Crippen LogP contribution in [0.25, 0.3) is 0 Å². The Bertz CT molecular complexity index is 1150. The minimum absolute atomic E-state index is 0.0372. The Morgan fingerprint density at radius 2 is 0.643 bits per heavy atom. The molecule has 0 saturated carbocycles. The van der Waals surface area contributed by atoms with Gasteiger partial charge in [-0.2, -0.15) is 0 Å². The molecule has 0 radical (unpaired) electrons. The van der Waals surface area contributed by atoms with Gasteiger partial charge in [0.05, 0.1) is 27.7 Å². The second-order valence-corrected chi connectivity index (χ2v) is 23.9. The van der Waals surface area contributed by atoms with Crippen LogP contribution in [0.2, 0.25) is 0 Å². The van der Waals surface area contributed by atoms with Gasteiger partial charge in [-0.3, -0.25) is 18.6 Å². The lowest BCUT2D eigenvalue weighted by Gasteiger charge is -2.24. The molecule has 0 bridgehead atoms. The highest BCUT2D eigenvalue weighted by Gasteiger charge is 2.27. The molecule has 0 spiro atoms. The highest BCUT2D eigenvalue weighted by Crippen LogP contribution is 2.43. The first kappa shape index (κ1) is 69.0. The summed E-state index contributed by atoms with van der Waals surface area (Å²) in [5.41, 5.74) is 0. The summed E-state index contributed by atoms with van der Waals surface area (Å²) in [4.78, 5) is 35.6. The number of quaternary nitrogens is 1. The van der Waals surface area contributed by atoms with Crippen molar-refractivity contribution in [2.75, 3.05) is 47.5 Å². The normalized spacial score (nSPS) is 13.2. The van der Waals surface area contributed by atoms with E-state index in [2.05, 4.69) is 13.8 Å². The summed E-state index contributed by atoms with van der Waals surface area (Å²) in [7, 11) is 1.50. The molecule has 70 heavy (non-hydrogen) atoms. The highest BCUT2D eigenvalue weighted by atomic mass is 31.2. The third-order valence-corrected chi connectivity index (χ3v) is 15.1. The van der Waals surface area contributed by atoms with Crippen LogP contribution in [0.4, 0.5) is 0 Å². The number of nitrogens with zero attached hydrogens (tertiary/aromatic N) is 1. The maximum Gasteiger partial charge on any atom is 0.472 e. The minimum atomic E-state index is -4.37. The molecule has 0 aliphatic carbocycles. The number of phosphoric ester groups is 1. The van der Waals surface area contributed by atoms with Gasteiger partial charge in [0, 0.05) is 12.8 Å². The molecule has 9 nitrogen and oxygen atoms in total. The summed E-state index contributed by atoms with van der Waals surface area (Å²) in [6, 6.07) is 0. The Labute approximate surface area is 435 Å². The number of hydrogen-bond acceptors (Lipinski definition) is 7. The van der Waals surface area contributed by atoms with Crippen molar-refractivity contribution in [3.05, 3.63) is 0 Å². The van der Waals surface area contributed by atoms with Crippen molar-refractivity contribution in [1.29, 1.82) is 0 Å². The molecule has 0 aliphatic heterocycles. The van der Waals surface area contributed by atoms with Crippen molar-refractivity contribution in [3.63, 3.8) is 0 Å². The lowest BCUT2D eigenvalue weighted by Crippen LogP contribution is -2.37. The van der Waals surface area contributed by atoms with E-state index in [0.29, 0.717) is 17.4 Å². The summed E-state index contributed by atoms with van der Waals surface area (Å²) in [6.07, 6.45) is 60.6. The zero-order valence-electron chi connectivity index (χ0n) is 47.5. The topological polar surface area (TPSA) is 108 Å². The molecule has 0 heterocycles. The van der Waals surface area contributed by atoms with E-state index in [-0.39, 0.29) is 25.6 Å².